The first-order valence-electron chi connectivity index (χ1n) is 9.48. The minimum absolute atomic E-state index is 0.0501. The molecule has 0 aromatic heterocycles. The van der Waals surface area contributed by atoms with Gasteiger partial charge in [-0.3, -0.25) is 19.7 Å². The highest BCUT2D eigenvalue weighted by Crippen LogP contribution is 2.28. The van der Waals surface area contributed by atoms with Gasteiger partial charge in [0.05, 0.1) is 4.92 Å². The normalized spacial score (nSPS) is 14.3. The van der Waals surface area contributed by atoms with Gasteiger partial charge in [0.2, 0.25) is 0 Å². The molecular formula is C21H24N4O4. The summed E-state index contributed by atoms with van der Waals surface area (Å²) in [6.07, 6.45) is 0.655. The zero-order valence-electron chi connectivity index (χ0n) is 16.6. The Balaban J connectivity index is 1.73. The zero-order chi connectivity index (χ0) is 21.0. The standard InChI is InChI=1S/C21H24N4O4/c1-22(2)18-10-9-17(15-19(18)25(28)29)21(27)24-12-6-11-23(13-14-24)20(26)16-7-4-3-5-8-16/h3-5,7-10,15H,6,11-14H2,1-2H3. The highest BCUT2D eigenvalue weighted by atomic mass is 16.6. The highest BCUT2D eigenvalue weighted by molar-refractivity contribution is 5.96. The molecule has 0 N–H and O–H groups in total. The molecule has 3 rings (SSSR count). The Kier molecular flexibility index (Phi) is 6.11. The van der Waals surface area contributed by atoms with Gasteiger partial charge < -0.3 is 14.7 Å². The number of rotatable bonds is 4. The predicted molar refractivity (Wildman–Crippen MR) is 110 cm³/mol. The van der Waals surface area contributed by atoms with E-state index in [1.807, 2.05) is 18.2 Å². The molecule has 152 valence electrons. The van der Waals surface area contributed by atoms with Crippen molar-refractivity contribution in [1.29, 1.82) is 0 Å². The van der Waals surface area contributed by atoms with Crippen molar-refractivity contribution in [2.75, 3.05) is 45.2 Å². The monoisotopic (exact) mass is 396 g/mol. The molecule has 0 atom stereocenters. The van der Waals surface area contributed by atoms with Crippen LogP contribution in [0.4, 0.5) is 11.4 Å². The summed E-state index contributed by atoms with van der Waals surface area (Å²) < 4.78 is 0. The summed E-state index contributed by atoms with van der Waals surface area (Å²) in [7, 11) is 3.44. The summed E-state index contributed by atoms with van der Waals surface area (Å²) in [5.41, 5.74) is 1.26. The van der Waals surface area contributed by atoms with E-state index >= 15 is 0 Å². The summed E-state index contributed by atoms with van der Waals surface area (Å²) in [5, 5.41) is 11.4. The molecule has 0 spiro atoms. The van der Waals surface area contributed by atoms with E-state index in [9.17, 15) is 19.7 Å². The van der Waals surface area contributed by atoms with Gasteiger partial charge in [-0.25, -0.2) is 0 Å². The SMILES string of the molecule is CN(C)c1ccc(C(=O)N2CCCN(C(=O)c3ccccc3)CC2)cc1[N+](=O)[O-]. The highest BCUT2D eigenvalue weighted by Gasteiger charge is 2.25. The number of nitrogens with zero attached hydrogens (tertiary/aromatic N) is 4. The Morgan fingerprint density at radius 3 is 2.03 bits per heavy atom. The van der Waals surface area contributed by atoms with Crippen molar-refractivity contribution in [1.82, 2.24) is 9.80 Å². The largest absolute Gasteiger partial charge is 0.372 e. The van der Waals surface area contributed by atoms with Crippen LogP contribution in [0.3, 0.4) is 0 Å². The van der Waals surface area contributed by atoms with Gasteiger partial charge >= 0.3 is 0 Å². The molecule has 1 saturated heterocycles. The number of anilines is 1. The lowest BCUT2D eigenvalue weighted by molar-refractivity contribution is -0.384. The number of nitro groups is 1. The van der Waals surface area contributed by atoms with E-state index < -0.39 is 4.92 Å². The van der Waals surface area contributed by atoms with Gasteiger partial charge in [0.1, 0.15) is 5.69 Å². The molecule has 1 fully saturated rings. The van der Waals surface area contributed by atoms with Gasteiger partial charge in [0.25, 0.3) is 17.5 Å². The lowest BCUT2D eigenvalue weighted by atomic mass is 10.1. The Hall–Kier alpha value is -3.42. The van der Waals surface area contributed by atoms with Gasteiger partial charge in [-0.1, -0.05) is 18.2 Å². The fourth-order valence-electron chi connectivity index (χ4n) is 3.45. The smallest absolute Gasteiger partial charge is 0.293 e. The average molecular weight is 396 g/mol. The molecule has 0 bridgehead atoms. The maximum absolute atomic E-state index is 12.9. The Labute approximate surface area is 169 Å². The molecule has 8 heteroatoms. The lowest BCUT2D eigenvalue weighted by Gasteiger charge is -2.22. The van der Waals surface area contributed by atoms with Crippen LogP contribution in [0.1, 0.15) is 27.1 Å². The van der Waals surface area contributed by atoms with Crippen molar-refractivity contribution in [3.8, 4) is 0 Å². The van der Waals surface area contributed by atoms with Crippen molar-refractivity contribution in [2.24, 2.45) is 0 Å². The summed E-state index contributed by atoms with van der Waals surface area (Å²) in [6.45, 7) is 1.88. The molecule has 1 aliphatic heterocycles. The molecule has 0 aliphatic carbocycles. The molecule has 0 saturated carbocycles. The average Bonchev–Trinajstić information content (AvgIpc) is 2.99. The van der Waals surface area contributed by atoms with Gasteiger partial charge in [0.15, 0.2) is 0 Å². The van der Waals surface area contributed by atoms with Crippen molar-refractivity contribution in [3.63, 3.8) is 0 Å². The van der Waals surface area contributed by atoms with E-state index in [0.29, 0.717) is 43.9 Å². The van der Waals surface area contributed by atoms with Crippen LogP contribution in [-0.2, 0) is 0 Å². The van der Waals surface area contributed by atoms with E-state index in [0.717, 1.165) is 0 Å². The summed E-state index contributed by atoms with van der Waals surface area (Å²) in [5.74, 6) is -0.307. The molecule has 8 nitrogen and oxygen atoms in total. The molecule has 0 radical (unpaired) electrons. The third kappa shape index (κ3) is 4.53. The second-order valence-corrected chi connectivity index (χ2v) is 7.16. The maximum Gasteiger partial charge on any atom is 0.293 e. The first-order chi connectivity index (χ1) is 13.9. The van der Waals surface area contributed by atoms with Crippen LogP contribution in [0.25, 0.3) is 0 Å². The van der Waals surface area contributed by atoms with Gasteiger partial charge in [-0.2, -0.15) is 0 Å². The summed E-state index contributed by atoms with van der Waals surface area (Å²) in [6, 6.07) is 13.6. The fourth-order valence-corrected chi connectivity index (χ4v) is 3.45. The van der Waals surface area contributed by atoms with Crippen LogP contribution in [0.2, 0.25) is 0 Å². The number of amides is 2. The Morgan fingerprint density at radius 2 is 1.48 bits per heavy atom. The second-order valence-electron chi connectivity index (χ2n) is 7.16. The van der Waals surface area contributed by atoms with Crippen LogP contribution >= 0.6 is 0 Å². The number of hydrogen-bond acceptors (Lipinski definition) is 5. The van der Waals surface area contributed by atoms with Crippen molar-refractivity contribution in [2.45, 2.75) is 6.42 Å². The fraction of sp³-hybridized carbons (Fsp3) is 0.333. The Bertz CT molecular complexity index is 914. The van der Waals surface area contributed by atoms with Crippen LogP contribution in [0.5, 0.6) is 0 Å². The van der Waals surface area contributed by atoms with Crippen molar-refractivity contribution < 1.29 is 14.5 Å². The lowest BCUT2D eigenvalue weighted by Crippen LogP contribution is -2.37. The molecule has 1 heterocycles. The van der Waals surface area contributed by atoms with Gasteiger partial charge in [0, 0.05) is 57.5 Å². The van der Waals surface area contributed by atoms with Crippen LogP contribution < -0.4 is 4.90 Å². The van der Waals surface area contributed by atoms with Crippen molar-refractivity contribution >= 4 is 23.2 Å². The quantitative estimate of drug-likeness (QED) is 0.586. The molecule has 1 aliphatic rings. The van der Waals surface area contributed by atoms with E-state index in [1.54, 1.807) is 53.1 Å². The number of carbonyl (C=O) groups excluding carboxylic acids is 2. The molecule has 0 unspecified atom stereocenters. The topological polar surface area (TPSA) is 87.0 Å². The van der Waals surface area contributed by atoms with Gasteiger partial charge in [-0.05, 0) is 30.7 Å². The minimum atomic E-state index is -0.477. The molecule has 2 aromatic carbocycles. The summed E-state index contributed by atoms with van der Waals surface area (Å²) >= 11 is 0. The van der Waals surface area contributed by atoms with E-state index in [4.69, 9.17) is 0 Å². The molecule has 2 aromatic rings. The molecule has 29 heavy (non-hydrogen) atoms. The number of carbonyl (C=O) groups is 2. The first kappa shape index (κ1) is 20.3. The minimum Gasteiger partial charge on any atom is -0.372 e. The number of benzene rings is 2. The van der Waals surface area contributed by atoms with E-state index in [-0.39, 0.29) is 23.1 Å². The molecular weight excluding hydrogens is 372 g/mol. The van der Waals surface area contributed by atoms with Crippen LogP contribution in [0.15, 0.2) is 48.5 Å². The third-order valence-electron chi connectivity index (χ3n) is 4.99. The first-order valence-corrected chi connectivity index (χ1v) is 9.48. The van der Waals surface area contributed by atoms with E-state index in [1.165, 1.54) is 6.07 Å². The second kappa shape index (κ2) is 8.72. The zero-order valence-corrected chi connectivity index (χ0v) is 16.6. The predicted octanol–water partition coefficient (Wildman–Crippen LogP) is 2.65. The van der Waals surface area contributed by atoms with Gasteiger partial charge in [-0.15, -0.1) is 0 Å². The summed E-state index contributed by atoms with van der Waals surface area (Å²) in [4.78, 5) is 41.6. The van der Waals surface area contributed by atoms with Crippen molar-refractivity contribution in [3.05, 3.63) is 69.8 Å². The van der Waals surface area contributed by atoms with Crippen LogP contribution in [0, 0.1) is 10.1 Å². The van der Waals surface area contributed by atoms with Crippen LogP contribution in [-0.4, -0.2) is 66.8 Å². The Morgan fingerprint density at radius 1 is 0.897 bits per heavy atom. The molecule has 2 amide bonds. The maximum atomic E-state index is 12.9. The number of hydrogen-bond donors (Lipinski definition) is 0. The van der Waals surface area contributed by atoms with E-state index in [2.05, 4.69) is 0 Å². The number of nitro benzene ring substituents is 1. The third-order valence-corrected chi connectivity index (χ3v) is 4.99.